The van der Waals surface area contributed by atoms with Crippen LogP contribution < -0.4 is 21.3 Å². The fraction of sp³-hybridized carbons (Fsp3) is 0.276. The predicted octanol–water partition coefficient (Wildman–Crippen LogP) is 4.14. The van der Waals surface area contributed by atoms with Crippen molar-refractivity contribution >= 4 is 29.1 Å². The zero-order valence-electron chi connectivity index (χ0n) is 20.8. The lowest BCUT2D eigenvalue weighted by molar-refractivity contribution is -0.114. The van der Waals surface area contributed by atoms with Crippen LogP contribution in [0.5, 0.6) is 0 Å². The molecule has 3 aromatic carbocycles. The van der Waals surface area contributed by atoms with Gasteiger partial charge < -0.3 is 26.0 Å². The molecule has 192 valence electrons. The van der Waals surface area contributed by atoms with E-state index in [1.807, 2.05) is 37.3 Å². The summed E-state index contributed by atoms with van der Waals surface area (Å²) in [5.41, 5.74) is 3.15. The molecule has 0 aromatic heterocycles. The summed E-state index contributed by atoms with van der Waals surface area (Å²) in [7, 11) is 0. The van der Waals surface area contributed by atoms with Gasteiger partial charge in [-0.1, -0.05) is 42.5 Å². The Bertz CT molecular complexity index is 1230. The van der Waals surface area contributed by atoms with E-state index in [0.717, 1.165) is 25.0 Å². The van der Waals surface area contributed by atoms with Gasteiger partial charge in [0.25, 0.3) is 11.8 Å². The lowest BCUT2D eigenvalue weighted by Gasteiger charge is -2.15. The van der Waals surface area contributed by atoms with Gasteiger partial charge >= 0.3 is 0 Å². The first kappa shape index (κ1) is 25.9. The topological polar surface area (TPSA) is 109 Å². The Morgan fingerprint density at radius 2 is 1.59 bits per heavy atom. The molecule has 4 N–H and O–H groups in total. The van der Waals surface area contributed by atoms with Gasteiger partial charge in [0.2, 0.25) is 5.91 Å². The fourth-order valence-corrected chi connectivity index (χ4v) is 4.12. The van der Waals surface area contributed by atoms with Crippen LogP contribution in [0.3, 0.4) is 0 Å². The van der Waals surface area contributed by atoms with Gasteiger partial charge in [0.15, 0.2) is 0 Å². The third-order valence-electron chi connectivity index (χ3n) is 6.15. The standard InChI is InChI=1S/C29H32N4O4/c1-20(21-8-3-2-4-9-21)32-29(36)23-11-6-13-25(17-23)33-27(34)19-30-24-12-5-10-22(16-24)28(35)31-18-26-14-7-15-37-26/h2-6,8-13,16-17,20,26,30H,7,14-15,18-19H2,1H3,(H,31,35)(H,32,36)(H,33,34). The maximum absolute atomic E-state index is 12.7. The van der Waals surface area contributed by atoms with Gasteiger partial charge in [-0.2, -0.15) is 0 Å². The Morgan fingerprint density at radius 1 is 0.892 bits per heavy atom. The summed E-state index contributed by atoms with van der Waals surface area (Å²) in [6, 6.07) is 23.4. The molecule has 0 spiro atoms. The minimum absolute atomic E-state index is 0.00243. The highest BCUT2D eigenvalue weighted by atomic mass is 16.5. The van der Waals surface area contributed by atoms with Gasteiger partial charge in [-0.25, -0.2) is 0 Å². The minimum atomic E-state index is -0.275. The molecule has 1 heterocycles. The Kier molecular flexibility index (Phi) is 8.89. The molecule has 3 amide bonds. The maximum Gasteiger partial charge on any atom is 0.251 e. The van der Waals surface area contributed by atoms with Crippen LogP contribution in [0.1, 0.15) is 52.1 Å². The Morgan fingerprint density at radius 3 is 2.32 bits per heavy atom. The molecule has 8 nitrogen and oxygen atoms in total. The molecule has 3 aromatic rings. The molecular formula is C29H32N4O4. The average molecular weight is 501 g/mol. The first-order valence-corrected chi connectivity index (χ1v) is 12.5. The van der Waals surface area contributed by atoms with E-state index >= 15 is 0 Å². The van der Waals surface area contributed by atoms with E-state index in [9.17, 15) is 14.4 Å². The number of ether oxygens (including phenoxy) is 1. The third-order valence-corrected chi connectivity index (χ3v) is 6.15. The largest absolute Gasteiger partial charge is 0.376 e. The summed E-state index contributed by atoms with van der Waals surface area (Å²) in [6.45, 7) is 3.16. The van der Waals surface area contributed by atoms with E-state index in [0.29, 0.717) is 29.0 Å². The molecule has 8 heteroatoms. The molecule has 4 rings (SSSR count). The number of carbonyl (C=O) groups is 3. The quantitative estimate of drug-likeness (QED) is 0.335. The molecule has 1 aliphatic heterocycles. The van der Waals surface area contributed by atoms with Crippen LogP contribution >= 0.6 is 0 Å². The molecule has 1 fully saturated rings. The fourth-order valence-electron chi connectivity index (χ4n) is 4.12. The number of amides is 3. The van der Waals surface area contributed by atoms with Crippen molar-refractivity contribution in [3.8, 4) is 0 Å². The van der Waals surface area contributed by atoms with Gasteiger partial charge in [0, 0.05) is 35.7 Å². The zero-order chi connectivity index (χ0) is 26.0. The Balaban J connectivity index is 1.27. The number of nitrogens with one attached hydrogen (secondary N) is 4. The van der Waals surface area contributed by atoms with Crippen molar-refractivity contribution in [3.05, 3.63) is 95.6 Å². The van der Waals surface area contributed by atoms with Crippen molar-refractivity contribution in [2.75, 3.05) is 30.3 Å². The number of hydrogen-bond donors (Lipinski definition) is 4. The van der Waals surface area contributed by atoms with Crippen molar-refractivity contribution in [2.45, 2.75) is 31.9 Å². The lowest BCUT2D eigenvalue weighted by atomic mass is 10.1. The van der Waals surface area contributed by atoms with Crippen LogP contribution in [0.2, 0.25) is 0 Å². The lowest BCUT2D eigenvalue weighted by Crippen LogP contribution is -2.31. The molecule has 0 bridgehead atoms. The second kappa shape index (κ2) is 12.7. The highest BCUT2D eigenvalue weighted by Crippen LogP contribution is 2.16. The third kappa shape index (κ3) is 7.65. The van der Waals surface area contributed by atoms with E-state index in [2.05, 4.69) is 21.3 Å². The van der Waals surface area contributed by atoms with Crippen LogP contribution in [-0.2, 0) is 9.53 Å². The van der Waals surface area contributed by atoms with Crippen molar-refractivity contribution in [1.29, 1.82) is 0 Å². The minimum Gasteiger partial charge on any atom is -0.376 e. The molecule has 0 radical (unpaired) electrons. The number of carbonyl (C=O) groups excluding carboxylic acids is 3. The number of hydrogen-bond acceptors (Lipinski definition) is 5. The van der Waals surface area contributed by atoms with Crippen LogP contribution in [0.4, 0.5) is 11.4 Å². The molecule has 1 saturated heterocycles. The van der Waals surface area contributed by atoms with Gasteiger partial charge in [0.05, 0.1) is 18.7 Å². The van der Waals surface area contributed by atoms with Crippen LogP contribution in [0.25, 0.3) is 0 Å². The summed E-state index contributed by atoms with van der Waals surface area (Å²) in [5, 5.41) is 11.7. The second-order valence-corrected chi connectivity index (χ2v) is 9.01. The van der Waals surface area contributed by atoms with Gasteiger partial charge in [-0.15, -0.1) is 0 Å². The molecular weight excluding hydrogens is 468 g/mol. The predicted molar refractivity (Wildman–Crippen MR) is 144 cm³/mol. The van der Waals surface area contributed by atoms with Crippen molar-refractivity contribution in [3.63, 3.8) is 0 Å². The normalized spacial score (nSPS) is 15.4. The number of anilines is 2. The molecule has 0 aliphatic carbocycles. The van der Waals surface area contributed by atoms with Gasteiger partial charge in [-0.3, -0.25) is 14.4 Å². The van der Waals surface area contributed by atoms with Gasteiger partial charge in [-0.05, 0) is 61.7 Å². The summed E-state index contributed by atoms with van der Waals surface area (Å²) in [4.78, 5) is 37.7. The molecule has 1 aliphatic rings. The summed E-state index contributed by atoms with van der Waals surface area (Å²) in [5.74, 6) is -0.677. The van der Waals surface area contributed by atoms with Crippen molar-refractivity contribution in [2.24, 2.45) is 0 Å². The van der Waals surface area contributed by atoms with E-state index in [1.165, 1.54) is 0 Å². The average Bonchev–Trinajstić information content (AvgIpc) is 3.45. The first-order valence-electron chi connectivity index (χ1n) is 12.5. The summed E-state index contributed by atoms with van der Waals surface area (Å²) < 4.78 is 5.54. The SMILES string of the molecule is CC(NC(=O)c1cccc(NC(=O)CNc2cccc(C(=O)NCC3CCCO3)c2)c1)c1ccccc1. The molecule has 2 unspecified atom stereocenters. The molecule has 0 saturated carbocycles. The smallest absolute Gasteiger partial charge is 0.251 e. The van der Waals surface area contributed by atoms with E-state index in [1.54, 1.807) is 48.5 Å². The van der Waals surface area contributed by atoms with Gasteiger partial charge in [0.1, 0.15) is 0 Å². The van der Waals surface area contributed by atoms with Crippen molar-refractivity contribution < 1.29 is 19.1 Å². The van der Waals surface area contributed by atoms with E-state index in [4.69, 9.17) is 4.74 Å². The monoisotopic (exact) mass is 500 g/mol. The molecule has 2 atom stereocenters. The van der Waals surface area contributed by atoms with Crippen LogP contribution in [-0.4, -0.2) is 43.5 Å². The zero-order valence-corrected chi connectivity index (χ0v) is 20.8. The first-order chi connectivity index (χ1) is 18.0. The second-order valence-electron chi connectivity index (χ2n) is 9.01. The Hall–Kier alpha value is -4.17. The number of benzene rings is 3. The highest BCUT2D eigenvalue weighted by molar-refractivity contribution is 5.98. The summed E-state index contributed by atoms with van der Waals surface area (Å²) in [6.07, 6.45) is 2.05. The maximum atomic E-state index is 12.7. The summed E-state index contributed by atoms with van der Waals surface area (Å²) >= 11 is 0. The van der Waals surface area contributed by atoms with E-state index in [-0.39, 0.29) is 36.4 Å². The highest BCUT2D eigenvalue weighted by Gasteiger charge is 2.17. The van der Waals surface area contributed by atoms with E-state index < -0.39 is 0 Å². The number of rotatable bonds is 10. The molecule has 37 heavy (non-hydrogen) atoms. The van der Waals surface area contributed by atoms with Crippen LogP contribution in [0.15, 0.2) is 78.9 Å². The Labute approximate surface area is 216 Å². The van der Waals surface area contributed by atoms with Crippen LogP contribution in [0, 0.1) is 0 Å². The van der Waals surface area contributed by atoms with Crippen molar-refractivity contribution in [1.82, 2.24) is 10.6 Å².